The number of aliphatic hydroxyl groups excluding tert-OH is 1. The Bertz CT molecular complexity index is 68.0. The summed E-state index contributed by atoms with van der Waals surface area (Å²) in [5.41, 5.74) is 0. The molecule has 1 atom stereocenters. The summed E-state index contributed by atoms with van der Waals surface area (Å²) in [6.07, 6.45) is -0.397. The zero-order valence-corrected chi connectivity index (χ0v) is 6.90. The molecule has 0 aromatic carbocycles. The van der Waals surface area contributed by atoms with Crippen molar-refractivity contribution in [2.45, 2.75) is 6.10 Å². The van der Waals surface area contributed by atoms with Crippen molar-refractivity contribution in [3.63, 3.8) is 0 Å². The molecular weight excluding hydrogens is 154 g/mol. The SMILES string of the molecule is C1CO1.CNCC(O)CCl. The Kier molecular flexibility index (Phi) is 7.40. The summed E-state index contributed by atoms with van der Waals surface area (Å²) < 4.78 is 4.50. The second-order valence-corrected chi connectivity index (χ2v) is 2.29. The van der Waals surface area contributed by atoms with Crippen LogP contribution < -0.4 is 5.32 Å². The van der Waals surface area contributed by atoms with Gasteiger partial charge < -0.3 is 15.2 Å². The quantitative estimate of drug-likeness (QED) is 0.453. The minimum absolute atomic E-state index is 0.306. The highest BCUT2D eigenvalue weighted by atomic mass is 35.5. The van der Waals surface area contributed by atoms with Crippen molar-refractivity contribution in [3.05, 3.63) is 0 Å². The van der Waals surface area contributed by atoms with Crippen LogP contribution in [0.2, 0.25) is 0 Å². The number of hydrogen-bond acceptors (Lipinski definition) is 3. The number of halogens is 1. The van der Waals surface area contributed by atoms with Gasteiger partial charge in [0.25, 0.3) is 0 Å². The smallest absolute Gasteiger partial charge is 0.0799 e. The lowest BCUT2D eigenvalue weighted by molar-refractivity contribution is 0.197. The second-order valence-electron chi connectivity index (χ2n) is 1.98. The van der Waals surface area contributed by atoms with Gasteiger partial charge in [-0.05, 0) is 7.05 Å². The van der Waals surface area contributed by atoms with E-state index in [0.717, 1.165) is 13.2 Å². The Balaban J connectivity index is 0.000000219. The van der Waals surface area contributed by atoms with E-state index in [0.29, 0.717) is 12.4 Å². The molecule has 0 bridgehead atoms. The molecule has 0 spiro atoms. The normalized spacial score (nSPS) is 17.1. The van der Waals surface area contributed by atoms with Gasteiger partial charge in [-0.15, -0.1) is 11.6 Å². The molecule has 3 nitrogen and oxygen atoms in total. The van der Waals surface area contributed by atoms with Gasteiger partial charge in [0, 0.05) is 12.4 Å². The second kappa shape index (κ2) is 7.28. The largest absolute Gasteiger partial charge is 0.391 e. The summed E-state index contributed by atoms with van der Waals surface area (Å²) in [5, 5.41) is 11.4. The average Bonchev–Trinajstić information content (AvgIpc) is 2.73. The van der Waals surface area contributed by atoms with Crippen LogP contribution in [0, 0.1) is 0 Å². The standard InChI is InChI=1S/C4H10ClNO.C2H4O/c1-6-3-4(7)2-5;1-2-3-1/h4,6-7H,2-3H2,1H3;1-2H2. The molecule has 1 fully saturated rings. The molecule has 0 saturated carbocycles. The van der Waals surface area contributed by atoms with Gasteiger partial charge in [0.05, 0.1) is 19.3 Å². The number of epoxide rings is 1. The predicted octanol–water partition coefficient (Wildman–Crippen LogP) is -0.178. The zero-order valence-electron chi connectivity index (χ0n) is 6.14. The van der Waals surface area contributed by atoms with Crippen molar-refractivity contribution in [1.29, 1.82) is 0 Å². The Labute approximate surface area is 66.3 Å². The predicted molar refractivity (Wildman–Crippen MR) is 41.5 cm³/mol. The van der Waals surface area contributed by atoms with Gasteiger partial charge in [0.15, 0.2) is 0 Å². The molecule has 62 valence electrons. The van der Waals surface area contributed by atoms with E-state index in [1.165, 1.54) is 0 Å². The summed E-state index contributed by atoms with van der Waals surface area (Å²) in [5.74, 6) is 0.306. The molecular formula is C6H14ClNO2. The van der Waals surface area contributed by atoms with Crippen molar-refractivity contribution in [2.75, 3.05) is 32.7 Å². The molecule has 1 rings (SSSR count). The maximum absolute atomic E-state index is 8.66. The molecule has 10 heavy (non-hydrogen) atoms. The van der Waals surface area contributed by atoms with Crippen molar-refractivity contribution in [3.8, 4) is 0 Å². The van der Waals surface area contributed by atoms with E-state index < -0.39 is 6.10 Å². The first-order valence-corrected chi connectivity index (χ1v) is 3.81. The van der Waals surface area contributed by atoms with Crippen LogP contribution in [0.3, 0.4) is 0 Å². The molecule has 0 radical (unpaired) electrons. The number of rotatable bonds is 3. The van der Waals surface area contributed by atoms with Crippen LogP contribution in [0.15, 0.2) is 0 Å². The number of alkyl halides is 1. The molecule has 4 heteroatoms. The lowest BCUT2D eigenvalue weighted by Gasteiger charge is -2.02. The van der Waals surface area contributed by atoms with Gasteiger partial charge in [-0.2, -0.15) is 0 Å². The Morgan fingerprint density at radius 3 is 2.30 bits per heavy atom. The number of aliphatic hydroxyl groups is 1. The third-order valence-corrected chi connectivity index (χ3v) is 1.18. The topological polar surface area (TPSA) is 44.8 Å². The molecule has 0 aromatic heterocycles. The Hall–Kier alpha value is 0.170. The highest BCUT2D eigenvalue weighted by molar-refractivity contribution is 6.18. The molecule has 1 saturated heterocycles. The van der Waals surface area contributed by atoms with Gasteiger partial charge in [0.1, 0.15) is 0 Å². The number of hydrogen-bond donors (Lipinski definition) is 2. The fourth-order valence-corrected chi connectivity index (χ4v) is 0.399. The van der Waals surface area contributed by atoms with E-state index in [4.69, 9.17) is 16.7 Å². The third-order valence-electron chi connectivity index (χ3n) is 0.822. The highest BCUT2D eigenvalue weighted by Crippen LogP contribution is 1.84. The van der Waals surface area contributed by atoms with Crippen LogP contribution in [0.1, 0.15) is 0 Å². The van der Waals surface area contributed by atoms with E-state index in [1.807, 2.05) is 0 Å². The van der Waals surface area contributed by atoms with Crippen molar-refractivity contribution < 1.29 is 9.84 Å². The summed E-state index contributed by atoms with van der Waals surface area (Å²) in [4.78, 5) is 0. The number of nitrogens with one attached hydrogen (secondary N) is 1. The zero-order chi connectivity index (χ0) is 7.82. The fraction of sp³-hybridized carbons (Fsp3) is 1.00. The molecule has 2 N–H and O–H groups in total. The van der Waals surface area contributed by atoms with Crippen LogP contribution in [0.5, 0.6) is 0 Å². The van der Waals surface area contributed by atoms with Gasteiger partial charge >= 0.3 is 0 Å². The average molecular weight is 168 g/mol. The van der Waals surface area contributed by atoms with Crippen LogP contribution in [-0.2, 0) is 4.74 Å². The first-order valence-electron chi connectivity index (χ1n) is 3.27. The molecule has 1 aliphatic heterocycles. The third kappa shape index (κ3) is 11.0. The summed E-state index contributed by atoms with van der Waals surface area (Å²) in [6.45, 7) is 2.57. The van der Waals surface area contributed by atoms with Crippen molar-refractivity contribution in [1.82, 2.24) is 5.32 Å². The van der Waals surface area contributed by atoms with Crippen LogP contribution in [0.25, 0.3) is 0 Å². The van der Waals surface area contributed by atoms with Crippen molar-refractivity contribution in [2.24, 2.45) is 0 Å². The molecule has 0 aromatic rings. The maximum Gasteiger partial charge on any atom is 0.0799 e. The van der Waals surface area contributed by atoms with E-state index >= 15 is 0 Å². The molecule has 1 unspecified atom stereocenters. The number of ether oxygens (including phenoxy) is 1. The summed E-state index contributed by atoms with van der Waals surface area (Å²) in [6, 6.07) is 0. The minimum atomic E-state index is -0.397. The fourth-order valence-electron chi connectivity index (χ4n) is 0.290. The Morgan fingerprint density at radius 1 is 1.70 bits per heavy atom. The minimum Gasteiger partial charge on any atom is -0.391 e. The van der Waals surface area contributed by atoms with Crippen LogP contribution in [0.4, 0.5) is 0 Å². The molecule has 1 aliphatic rings. The summed E-state index contributed by atoms with van der Waals surface area (Å²) in [7, 11) is 1.77. The molecule has 1 heterocycles. The maximum atomic E-state index is 8.66. The Morgan fingerprint density at radius 2 is 2.20 bits per heavy atom. The van der Waals surface area contributed by atoms with E-state index in [-0.39, 0.29) is 0 Å². The first kappa shape index (κ1) is 10.2. The summed E-state index contributed by atoms with van der Waals surface area (Å²) >= 11 is 5.24. The van der Waals surface area contributed by atoms with E-state index in [2.05, 4.69) is 10.1 Å². The highest BCUT2D eigenvalue weighted by Gasteiger charge is 1.95. The van der Waals surface area contributed by atoms with E-state index in [9.17, 15) is 0 Å². The molecule has 0 amide bonds. The van der Waals surface area contributed by atoms with Gasteiger partial charge in [-0.1, -0.05) is 0 Å². The monoisotopic (exact) mass is 167 g/mol. The van der Waals surface area contributed by atoms with Gasteiger partial charge in [0.2, 0.25) is 0 Å². The van der Waals surface area contributed by atoms with Crippen LogP contribution in [-0.4, -0.2) is 43.9 Å². The first-order chi connectivity index (χ1) is 4.81. The number of likely N-dealkylation sites (N-methyl/N-ethyl adjacent to an activating group) is 1. The van der Waals surface area contributed by atoms with Gasteiger partial charge in [-0.25, -0.2) is 0 Å². The van der Waals surface area contributed by atoms with Crippen LogP contribution >= 0.6 is 11.6 Å². The lowest BCUT2D eigenvalue weighted by Crippen LogP contribution is -2.24. The lowest BCUT2D eigenvalue weighted by atomic mass is 10.4. The van der Waals surface area contributed by atoms with Gasteiger partial charge in [-0.3, -0.25) is 0 Å². The van der Waals surface area contributed by atoms with E-state index in [1.54, 1.807) is 7.05 Å². The van der Waals surface area contributed by atoms with Crippen molar-refractivity contribution >= 4 is 11.6 Å². The molecule has 0 aliphatic carbocycles.